The number of benzene rings is 2. The number of carbonyl (C=O) groups is 1. The summed E-state index contributed by atoms with van der Waals surface area (Å²) in [7, 11) is -3.61. The van der Waals surface area contributed by atoms with Crippen LogP contribution in [-0.4, -0.2) is 43.3 Å². The Morgan fingerprint density at radius 2 is 1.82 bits per heavy atom. The Kier molecular flexibility index (Phi) is 6.69. The maximum atomic E-state index is 13.0. The van der Waals surface area contributed by atoms with Gasteiger partial charge in [0, 0.05) is 30.1 Å². The number of ether oxygens (including phenoxy) is 1. The Morgan fingerprint density at radius 1 is 1.15 bits per heavy atom. The number of rotatable bonds is 6. The van der Waals surface area contributed by atoms with Gasteiger partial charge in [0.2, 0.25) is 21.8 Å². The third-order valence-corrected chi connectivity index (χ3v) is 7.81. The van der Waals surface area contributed by atoms with E-state index in [0.717, 1.165) is 0 Å². The summed E-state index contributed by atoms with van der Waals surface area (Å²) < 4.78 is 38.6. The molecule has 0 saturated carbocycles. The second-order valence-corrected chi connectivity index (χ2v) is 11.5. The van der Waals surface area contributed by atoms with Gasteiger partial charge < -0.3 is 14.5 Å². The maximum Gasteiger partial charge on any atom is 0.243 e. The summed E-state index contributed by atoms with van der Waals surface area (Å²) in [6.45, 7) is 9.08. The summed E-state index contributed by atoms with van der Waals surface area (Å²) in [5.41, 5.74) is 1.81. The molecule has 2 aromatic carbocycles. The molecule has 0 spiro atoms. The highest BCUT2D eigenvalue weighted by Gasteiger charge is 2.32. The molecule has 2 heterocycles. The molecule has 0 aliphatic carbocycles. The van der Waals surface area contributed by atoms with Crippen LogP contribution in [-0.2, 0) is 20.2 Å². The monoisotopic (exact) mass is 485 g/mol. The molecular weight excluding hydrogens is 454 g/mol. The molecule has 182 valence electrons. The van der Waals surface area contributed by atoms with Gasteiger partial charge in [0.15, 0.2) is 5.58 Å². The Hall–Kier alpha value is -2.91. The molecule has 0 radical (unpaired) electrons. The van der Waals surface area contributed by atoms with Crippen molar-refractivity contribution in [1.29, 1.82) is 0 Å². The topological polar surface area (TPSA) is 102 Å². The van der Waals surface area contributed by atoms with Crippen LogP contribution in [0.25, 0.3) is 11.1 Å². The molecule has 1 N–H and O–H groups in total. The molecule has 1 fully saturated rings. The SMILES string of the molecule is CCOc1ccc(S(=O)(=O)N2CCC(C(=O)Nc3ccc4oc(C(C)(C)C)nc4c3)CC2)cc1. The quantitative estimate of drug-likeness (QED) is 0.549. The van der Waals surface area contributed by atoms with E-state index in [1.807, 2.05) is 27.7 Å². The zero-order valence-corrected chi connectivity index (χ0v) is 20.8. The van der Waals surface area contributed by atoms with Gasteiger partial charge in [-0.3, -0.25) is 4.79 Å². The van der Waals surface area contributed by atoms with Crippen molar-refractivity contribution in [1.82, 2.24) is 9.29 Å². The van der Waals surface area contributed by atoms with Crippen molar-refractivity contribution < 1.29 is 22.4 Å². The lowest BCUT2D eigenvalue weighted by Crippen LogP contribution is -2.41. The predicted molar refractivity (Wildman–Crippen MR) is 130 cm³/mol. The van der Waals surface area contributed by atoms with Gasteiger partial charge in [-0.1, -0.05) is 20.8 Å². The smallest absolute Gasteiger partial charge is 0.243 e. The Bertz CT molecular complexity index is 1270. The third kappa shape index (κ3) is 5.10. The van der Waals surface area contributed by atoms with Crippen molar-refractivity contribution in [2.45, 2.75) is 50.8 Å². The van der Waals surface area contributed by atoms with Crippen molar-refractivity contribution in [3.05, 3.63) is 48.4 Å². The molecule has 4 rings (SSSR count). The number of fused-ring (bicyclic) bond motifs is 1. The number of aromatic nitrogens is 1. The van der Waals surface area contributed by atoms with E-state index < -0.39 is 10.0 Å². The summed E-state index contributed by atoms with van der Waals surface area (Å²) in [6.07, 6.45) is 0.922. The van der Waals surface area contributed by atoms with Crippen LogP contribution in [0.15, 0.2) is 51.8 Å². The molecule has 9 heteroatoms. The summed E-state index contributed by atoms with van der Waals surface area (Å²) in [4.78, 5) is 17.6. The first-order chi connectivity index (χ1) is 16.1. The van der Waals surface area contributed by atoms with Gasteiger partial charge in [0.1, 0.15) is 11.3 Å². The van der Waals surface area contributed by atoms with Gasteiger partial charge in [0.05, 0.1) is 11.5 Å². The fourth-order valence-electron chi connectivity index (χ4n) is 3.95. The van der Waals surface area contributed by atoms with Crippen molar-refractivity contribution in [2.24, 2.45) is 5.92 Å². The molecule has 1 aliphatic rings. The molecule has 8 nitrogen and oxygen atoms in total. The Morgan fingerprint density at radius 3 is 2.44 bits per heavy atom. The molecule has 1 aliphatic heterocycles. The lowest BCUT2D eigenvalue weighted by Gasteiger charge is -2.30. The number of nitrogens with one attached hydrogen (secondary N) is 1. The van der Waals surface area contributed by atoms with E-state index in [2.05, 4.69) is 10.3 Å². The first-order valence-electron chi connectivity index (χ1n) is 11.5. The van der Waals surface area contributed by atoms with Crippen LogP contribution in [0.5, 0.6) is 5.75 Å². The zero-order valence-electron chi connectivity index (χ0n) is 20.0. The normalized spacial score (nSPS) is 16.0. The summed E-state index contributed by atoms with van der Waals surface area (Å²) >= 11 is 0. The van der Waals surface area contributed by atoms with Crippen molar-refractivity contribution in [3.63, 3.8) is 0 Å². The molecule has 0 unspecified atom stereocenters. The predicted octanol–water partition coefficient (Wildman–Crippen LogP) is 4.56. The van der Waals surface area contributed by atoms with Crippen molar-refractivity contribution in [3.8, 4) is 5.75 Å². The van der Waals surface area contributed by atoms with Gasteiger partial charge >= 0.3 is 0 Å². The minimum atomic E-state index is -3.61. The summed E-state index contributed by atoms with van der Waals surface area (Å²) in [6, 6.07) is 11.8. The van der Waals surface area contributed by atoms with E-state index in [1.54, 1.807) is 42.5 Å². The van der Waals surface area contributed by atoms with Crippen LogP contribution in [0.1, 0.15) is 46.4 Å². The maximum absolute atomic E-state index is 13.0. The number of nitrogens with zero attached hydrogens (tertiary/aromatic N) is 2. The van der Waals surface area contributed by atoms with Gasteiger partial charge in [-0.25, -0.2) is 13.4 Å². The van der Waals surface area contributed by atoms with Crippen LogP contribution in [0, 0.1) is 5.92 Å². The zero-order chi connectivity index (χ0) is 24.5. The second-order valence-electron chi connectivity index (χ2n) is 9.52. The molecule has 34 heavy (non-hydrogen) atoms. The number of sulfonamides is 1. The van der Waals surface area contributed by atoms with Crippen LogP contribution in [0.2, 0.25) is 0 Å². The third-order valence-electron chi connectivity index (χ3n) is 5.89. The molecule has 1 saturated heterocycles. The van der Waals surface area contributed by atoms with E-state index in [1.165, 1.54) is 4.31 Å². The first kappa shape index (κ1) is 24.2. The van der Waals surface area contributed by atoms with E-state index in [9.17, 15) is 13.2 Å². The van der Waals surface area contributed by atoms with E-state index >= 15 is 0 Å². The highest BCUT2D eigenvalue weighted by Crippen LogP contribution is 2.29. The highest BCUT2D eigenvalue weighted by molar-refractivity contribution is 7.89. The summed E-state index contributed by atoms with van der Waals surface area (Å²) in [5, 5.41) is 2.95. The van der Waals surface area contributed by atoms with Gasteiger partial charge in [-0.05, 0) is 62.2 Å². The number of oxazole rings is 1. The van der Waals surface area contributed by atoms with Crippen molar-refractivity contribution >= 4 is 32.7 Å². The standard InChI is InChI=1S/C25H31N3O5S/c1-5-32-19-7-9-20(10-8-19)34(30,31)28-14-12-17(13-15-28)23(29)26-18-6-11-22-21(16-18)27-24(33-22)25(2,3)4/h6-11,16-17H,5,12-15H2,1-4H3,(H,26,29). The lowest BCUT2D eigenvalue weighted by atomic mass is 9.97. The van der Waals surface area contributed by atoms with Gasteiger partial charge in [-0.2, -0.15) is 4.31 Å². The van der Waals surface area contributed by atoms with E-state index in [-0.39, 0.29) is 22.1 Å². The number of anilines is 1. The van der Waals surface area contributed by atoms with Crippen LogP contribution in [0.3, 0.4) is 0 Å². The van der Waals surface area contributed by atoms with Gasteiger partial charge in [-0.15, -0.1) is 0 Å². The highest BCUT2D eigenvalue weighted by atomic mass is 32.2. The molecule has 0 bridgehead atoms. The molecule has 1 amide bonds. The Labute approximate surface area is 200 Å². The molecule has 3 aromatic rings. The Balaban J connectivity index is 1.37. The largest absolute Gasteiger partial charge is 0.494 e. The fourth-order valence-corrected chi connectivity index (χ4v) is 5.42. The number of piperidine rings is 1. The molecule has 0 atom stereocenters. The number of hydrogen-bond donors (Lipinski definition) is 1. The average molecular weight is 486 g/mol. The van der Waals surface area contributed by atoms with Crippen LogP contribution in [0.4, 0.5) is 5.69 Å². The summed E-state index contributed by atoms with van der Waals surface area (Å²) in [5.74, 6) is 0.907. The first-order valence-corrected chi connectivity index (χ1v) is 13.0. The molecular formula is C25H31N3O5S. The lowest BCUT2D eigenvalue weighted by molar-refractivity contribution is -0.120. The number of carbonyl (C=O) groups excluding carboxylic acids is 1. The minimum absolute atomic E-state index is 0.114. The van der Waals surface area contributed by atoms with Crippen LogP contribution < -0.4 is 10.1 Å². The average Bonchev–Trinajstić information content (AvgIpc) is 3.24. The van der Waals surface area contributed by atoms with E-state index in [4.69, 9.17) is 9.15 Å². The minimum Gasteiger partial charge on any atom is -0.494 e. The second kappa shape index (κ2) is 9.38. The van der Waals surface area contributed by atoms with Gasteiger partial charge in [0.25, 0.3) is 0 Å². The number of amides is 1. The number of hydrogen-bond acceptors (Lipinski definition) is 6. The molecule has 1 aromatic heterocycles. The van der Waals surface area contributed by atoms with Crippen LogP contribution >= 0.6 is 0 Å². The van der Waals surface area contributed by atoms with E-state index in [0.29, 0.717) is 61.0 Å². The van der Waals surface area contributed by atoms with Crippen molar-refractivity contribution in [2.75, 3.05) is 25.0 Å². The fraction of sp³-hybridized carbons (Fsp3) is 0.440.